The first-order valence-electron chi connectivity index (χ1n) is 8.91. The molecule has 0 fully saturated rings. The van der Waals surface area contributed by atoms with Crippen LogP contribution in [0.15, 0.2) is 65.5 Å². The number of benzene rings is 1. The number of hydrogen-bond donors (Lipinski definition) is 1. The van der Waals surface area contributed by atoms with Crippen molar-refractivity contribution in [2.24, 2.45) is 5.73 Å². The lowest BCUT2D eigenvalue weighted by molar-refractivity contribution is -0.139. The molecule has 0 radical (unpaired) electrons. The average Bonchev–Trinajstić information content (AvgIpc) is 2.73. The Balaban J connectivity index is 2.05. The Hall–Kier alpha value is -4.10. The highest BCUT2D eigenvalue weighted by Gasteiger charge is 2.36. The lowest BCUT2D eigenvalue weighted by atomic mass is 9.82. The number of pyridine rings is 1. The van der Waals surface area contributed by atoms with Gasteiger partial charge in [0.25, 0.3) is 0 Å². The SMILES string of the molecule is CCOC(=O)C1=C(C)OC(N)=C(C#N)C1c1ccc(-c2cncc(C#N)c2)cc1. The Labute approximate surface area is 168 Å². The Morgan fingerprint density at radius 1 is 1.21 bits per heavy atom. The molecule has 7 heteroatoms. The number of carbonyl (C=O) groups is 1. The number of nitrogens with two attached hydrogens (primary N) is 1. The Kier molecular flexibility index (Phi) is 5.61. The molecule has 2 aromatic rings. The smallest absolute Gasteiger partial charge is 0.338 e. The molecule has 0 amide bonds. The highest BCUT2D eigenvalue weighted by molar-refractivity contribution is 5.92. The van der Waals surface area contributed by atoms with Crippen LogP contribution in [0.2, 0.25) is 0 Å². The van der Waals surface area contributed by atoms with Crippen LogP contribution in [-0.2, 0) is 14.3 Å². The summed E-state index contributed by atoms with van der Waals surface area (Å²) < 4.78 is 10.6. The van der Waals surface area contributed by atoms with Gasteiger partial charge in [-0.05, 0) is 31.0 Å². The minimum absolute atomic E-state index is 0.0296. The summed E-state index contributed by atoms with van der Waals surface area (Å²) in [5.74, 6) is -0.964. The largest absolute Gasteiger partial charge is 0.463 e. The van der Waals surface area contributed by atoms with Crippen molar-refractivity contribution in [3.63, 3.8) is 0 Å². The van der Waals surface area contributed by atoms with E-state index in [0.29, 0.717) is 16.9 Å². The topological polar surface area (TPSA) is 122 Å². The van der Waals surface area contributed by atoms with E-state index in [1.165, 1.54) is 6.20 Å². The van der Waals surface area contributed by atoms with Crippen LogP contribution in [0.5, 0.6) is 0 Å². The highest BCUT2D eigenvalue weighted by Crippen LogP contribution is 2.40. The van der Waals surface area contributed by atoms with E-state index in [1.54, 1.807) is 26.1 Å². The zero-order chi connectivity index (χ0) is 21.0. The molecular weight excluding hydrogens is 368 g/mol. The maximum Gasteiger partial charge on any atom is 0.338 e. The fourth-order valence-electron chi connectivity index (χ4n) is 3.22. The van der Waals surface area contributed by atoms with Gasteiger partial charge >= 0.3 is 5.97 Å². The van der Waals surface area contributed by atoms with Crippen molar-refractivity contribution < 1.29 is 14.3 Å². The van der Waals surface area contributed by atoms with Crippen molar-refractivity contribution in [2.75, 3.05) is 6.61 Å². The number of esters is 1. The van der Waals surface area contributed by atoms with Crippen molar-refractivity contribution >= 4 is 5.97 Å². The predicted molar refractivity (Wildman–Crippen MR) is 104 cm³/mol. The molecule has 29 heavy (non-hydrogen) atoms. The van der Waals surface area contributed by atoms with Gasteiger partial charge in [-0.25, -0.2) is 4.79 Å². The van der Waals surface area contributed by atoms with Gasteiger partial charge in [-0.15, -0.1) is 0 Å². The molecule has 3 rings (SSSR count). The molecule has 1 aromatic carbocycles. The standard InChI is InChI=1S/C22H18N4O3/c1-3-28-22(27)19-13(2)29-21(25)18(10-24)20(19)16-6-4-15(5-7-16)17-8-14(9-23)11-26-12-17/h4-8,11-12,20H,3,25H2,1-2H3. The fraction of sp³-hybridized carbons (Fsp3) is 0.182. The zero-order valence-corrected chi connectivity index (χ0v) is 16.0. The van der Waals surface area contributed by atoms with E-state index in [0.717, 1.165) is 11.1 Å². The number of hydrogen-bond acceptors (Lipinski definition) is 7. The first-order chi connectivity index (χ1) is 14.0. The lowest BCUT2D eigenvalue weighted by Crippen LogP contribution is -2.25. The molecule has 0 bridgehead atoms. The average molecular weight is 386 g/mol. The van der Waals surface area contributed by atoms with Crippen LogP contribution < -0.4 is 5.73 Å². The molecule has 0 spiro atoms. The van der Waals surface area contributed by atoms with Crippen LogP contribution in [0.1, 0.15) is 30.9 Å². The molecule has 1 aliphatic heterocycles. The second kappa shape index (κ2) is 8.28. The summed E-state index contributed by atoms with van der Waals surface area (Å²) in [6, 6.07) is 13.1. The molecular formula is C22H18N4O3. The Bertz CT molecular complexity index is 1100. The number of allylic oxidation sites excluding steroid dienone is 2. The van der Waals surface area contributed by atoms with E-state index in [1.807, 2.05) is 24.3 Å². The summed E-state index contributed by atoms with van der Waals surface area (Å²) >= 11 is 0. The summed E-state index contributed by atoms with van der Waals surface area (Å²) in [5.41, 5.74) is 9.10. The molecule has 144 valence electrons. The maximum absolute atomic E-state index is 12.5. The van der Waals surface area contributed by atoms with E-state index in [9.17, 15) is 10.1 Å². The van der Waals surface area contributed by atoms with E-state index < -0.39 is 11.9 Å². The molecule has 1 aliphatic rings. The van der Waals surface area contributed by atoms with Crippen LogP contribution in [0.4, 0.5) is 0 Å². The molecule has 2 heterocycles. The zero-order valence-electron chi connectivity index (χ0n) is 16.0. The third kappa shape index (κ3) is 3.80. The minimum Gasteiger partial charge on any atom is -0.463 e. The summed E-state index contributed by atoms with van der Waals surface area (Å²) in [5, 5.41) is 18.7. The monoisotopic (exact) mass is 386 g/mol. The van der Waals surface area contributed by atoms with Crippen molar-refractivity contribution in [3.8, 4) is 23.3 Å². The number of rotatable bonds is 4. The second-order valence-electron chi connectivity index (χ2n) is 6.31. The van der Waals surface area contributed by atoms with Crippen molar-refractivity contribution in [2.45, 2.75) is 19.8 Å². The molecule has 1 unspecified atom stereocenters. The second-order valence-corrected chi connectivity index (χ2v) is 6.31. The third-order valence-electron chi connectivity index (χ3n) is 4.55. The van der Waals surface area contributed by atoms with Gasteiger partial charge in [-0.2, -0.15) is 10.5 Å². The molecule has 0 aliphatic carbocycles. The predicted octanol–water partition coefficient (Wildman–Crippen LogP) is 3.27. The normalized spacial score (nSPS) is 15.9. The number of nitrogens with zero attached hydrogens (tertiary/aromatic N) is 3. The van der Waals surface area contributed by atoms with Gasteiger partial charge in [-0.3, -0.25) is 4.98 Å². The minimum atomic E-state index is -0.689. The van der Waals surface area contributed by atoms with Crippen LogP contribution >= 0.6 is 0 Å². The highest BCUT2D eigenvalue weighted by atomic mass is 16.5. The van der Waals surface area contributed by atoms with Gasteiger partial charge in [0.2, 0.25) is 5.88 Å². The number of nitriles is 2. The number of ether oxygens (including phenoxy) is 2. The first-order valence-corrected chi connectivity index (χ1v) is 8.91. The lowest BCUT2D eigenvalue weighted by Gasteiger charge is -2.27. The van der Waals surface area contributed by atoms with Crippen molar-refractivity contribution in [3.05, 3.63) is 76.6 Å². The van der Waals surface area contributed by atoms with Gasteiger partial charge in [-0.1, -0.05) is 24.3 Å². The number of aromatic nitrogens is 1. The maximum atomic E-state index is 12.5. The van der Waals surface area contributed by atoms with Gasteiger partial charge < -0.3 is 15.2 Å². The van der Waals surface area contributed by atoms with Crippen LogP contribution in [0.3, 0.4) is 0 Å². The molecule has 7 nitrogen and oxygen atoms in total. The molecule has 1 aromatic heterocycles. The first kappa shape index (κ1) is 19.7. The van der Waals surface area contributed by atoms with E-state index in [2.05, 4.69) is 17.1 Å². The van der Waals surface area contributed by atoms with Gasteiger partial charge in [0, 0.05) is 18.0 Å². The summed E-state index contributed by atoms with van der Waals surface area (Å²) in [6.45, 7) is 3.53. The third-order valence-corrected chi connectivity index (χ3v) is 4.55. The van der Waals surface area contributed by atoms with E-state index in [4.69, 9.17) is 20.5 Å². The molecule has 0 saturated heterocycles. The van der Waals surface area contributed by atoms with Crippen LogP contribution in [-0.4, -0.2) is 17.6 Å². The van der Waals surface area contributed by atoms with Gasteiger partial charge in [0.1, 0.15) is 23.5 Å². The molecule has 1 atom stereocenters. The van der Waals surface area contributed by atoms with E-state index in [-0.39, 0.29) is 23.6 Å². The summed E-state index contributed by atoms with van der Waals surface area (Å²) in [6.07, 6.45) is 3.16. The fourth-order valence-corrected chi connectivity index (χ4v) is 3.22. The number of carbonyl (C=O) groups excluding carboxylic acids is 1. The van der Waals surface area contributed by atoms with Gasteiger partial charge in [0.15, 0.2) is 0 Å². The molecule has 0 saturated carbocycles. The Morgan fingerprint density at radius 2 is 1.93 bits per heavy atom. The summed E-state index contributed by atoms with van der Waals surface area (Å²) in [7, 11) is 0. The van der Waals surface area contributed by atoms with Gasteiger partial charge in [0.05, 0.1) is 23.7 Å². The molecule has 2 N–H and O–H groups in total. The van der Waals surface area contributed by atoms with Crippen LogP contribution in [0.25, 0.3) is 11.1 Å². The van der Waals surface area contributed by atoms with Crippen molar-refractivity contribution in [1.82, 2.24) is 4.98 Å². The summed E-state index contributed by atoms with van der Waals surface area (Å²) in [4.78, 5) is 16.6. The quantitative estimate of drug-likeness (QED) is 0.800. The van der Waals surface area contributed by atoms with Crippen molar-refractivity contribution in [1.29, 1.82) is 10.5 Å². The van der Waals surface area contributed by atoms with Crippen LogP contribution in [0, 0.1) is 22.7 Å². The Morgan fingerprint density at radius 3 is 2.55 bits per heavy atom. The van der Waals surface area contributed by atoms with E-state index >= 15 is 0 Å².